The van der Waals surface area contributed by atoms with E-state index in [1.54, 1.807) is 60.7 Å². The van der Waals surface area contributed by atoms with Crippen LogP contribution in [-0.2, 0) is 22.4 Å². The summed E-state index contributed by atoms with van der Waals surface area (Å²) in [7, 11) is 0. The van der Waals surface area contributed by atoms with Gasteiger partial charge in [-0.25, -0.2) is 14.8 Å². The molecule has 0 bridgehead atoms. The molecular weight excluding hydrogens is 604 g/mol. The molecule has 0 aliphatic carbocycles. The lowest BCUT2D eigenvalue weighted by molar-refractivity contribution is -0.130. The van der Waals surface area contributed by atoms with Crippen molar-refractivity contribution in [3.05, 3.63) is 135 Å². The van der Waals surface area contributed by atoms with E-state index in [1.165, 1.54) is 6.07 Å². The number of nitrogens with zero attached hydrogens (tertiary/aromatic N) is 1. The molecule has 0 saturated carbocycles. The molecule has 0 spiro atoms. The zero-order valence-electron chi connectivity index (χ0n) is 23.8. The molecule has 1 aliphatic rings. The summed E-state index contributed by atoms with van der Waals surface area (Å²) in [4.78, 5) is 19.2. The van der Waals surface area contributed by atoms with Gasteiger partial charge < -0.3 is 14.6 Å². The van der Waals surface area contributed by atoms with Crippen LogP contribution in [-0.4, -0.2) is 42.2 Å². The Morgan fingerprint density at radius 2 is 1.75 bits per heavy atom. The monoisotopic (exact) mass is 635 g/mol. The van der Waals surface area contributed by atoms with Crippen molar-refractivity contribution in [2.45, 2.75) is 30.9 Å². The minimum Gasteiger partial charge on any atom is -0.494 e. The highest BCUT2D eigenvalue weighted by Gasteiger charge is 2.54. The van der Waals surface area contributed by atoms with Crippen molar-refractivity contribution in [3.63, 3.8) is 0 Å². The molecule has 1 heterocycles. The van der Waals surface area contributed by atoms with E-state index in [2.05, 4.69) is 10.9 Å². The van der Waals surface area contributed by atoms with Crippen molar-refractivity contribution < 1.29 is 23.8 Å². The van der Waals surface area contributed by atoms with Crippen LogP contribution in [0.5, 0.6) is 5.75 Å². The Bertz CT molecular complexity index is 1600. The maximum absolute atomic E-state index is 14.2. The molecule has 3 N–H and O–H groups in total. The Hall–Kier alpha value is -3.95. The molecule has 0 unspecified atom stereocenters. The van der Waals surface area contributed by atoms with E-state index >= 15 is 0 Å². The fourth-order valence-corrected chi connectivity index (χ4v) is 5.54. The van der Waals surface area contributed by atoms with Gasteiger partial charge in [0.2, 0.25) is 5.90 Å². The van der Waals surface area contributed by atoms with E-state index in [0.717, 1.165) is 5.56 Å². The Balaban J connectivity index is 1.49. The van der Waals surface area contributed by atoms with Gasteiger partial charge in [-0.1, -0.05) is 77.8 Å². The van der Waals surface area contributed by atoms with Gasteiger partial charge in [-0.3, -0.25) is 10.2 Å². The first-order valence-electron chi connectivity index (χ1n) is 14.3. The summed E-state index contributed by atoms with van der Waals surface area (Å²) in [5.41, 5.74) is 6.88. The Labute approximate surface area is 265 Å². The molecule has 0 fully saturated rings. The van der Waals surface area contributed by atoms with Crippen molar-refractivity contribution in [1.29, 1.82) is 0 Å². The lowest BCUT2D eigenvalue weighted by atomic mass is 9.82. The van der Waals surface area contributed by atoms with Crippen LogP contribution in [0.1, 0.15) is 34.8 Å². The maximum atomic E-state index is 14.2. The van der Waals surface area contributed by atoms with Crippen molar-refractivity contribution in [3.8, 4) is 5.75 Å². The lowest BCUT2D eigenvalue weighted by Gasteiger charge is -2.31. The standard InChI is InChI=1S/C34H32Cl2FN3O4/c35-26-13-16-28(29(36)21-26)31-34(22-23-7-2-1-3-8-23,33(42)40-38-18-17-24-9-4-5-10-30(24)37)39-32(44-31)25-11-14-27(15-12-25)43-20-6-19-41/h1-5,7-16,21,31,38,41H,6,17-20,22H2,(H,40,42)/t31-,34-/m0/s1. The van der Waals surface area contributed by atoms with Crippen LogP contribution in [0.2, 0.25) is 10.0 Å². The number of aliphatic hydroxyl groups excluding tert-OH is 1. The number of carbonyl (C=O) groups excluding carboxylic acids is 1. The smallest absolute Gasteiger partial charge is 0.266 e. The largest absolute Gasteiger partial charge is 0.494 e. The van der Waals surface area contributed by atoms with Crippen molar-refractivity contribution in [2.75, 3.05) is 19.8 Å². The van der Waals surface area contributed by atoms with Crippen LogP contribution in [0.15, 0.2) is 102 Å². The number of benzene rings is 4. The van der Waals surface area contributed by atoms with E-state index in [9.17, 15) is 9.18 Å². The van der Waals surface area contributed by atoms with Gasteiger partial charge in [0.1, 0.15) is 11.6 Å². The summed E-state index contributed by atoms with van der Waals surface area (Å²) in [6.45, 7) is 0.714. The van der Waals surface area contributed by atoms with Crippen molar-refractivity contribution in [1.82, 2.24) is 10.9 Å². The fourth-order valence-electron chi connectivity index (χ4n) is 5.03. The molecule has 1 aliphatic heterocycles. The van der Waals surface area contributed by atoms with Crippen LogP contribution in [0.3, 0.4) is 0 Å². The summed E-state index contributed by atoms with van der Waals surface area (Å²) in [6.07, 6.45) is 0.177. The first-order chi connectivity index (χ1) is 21.4. The molecule has 4 aromatic rings. The molecule has 7 nitrogen and oxygen atoms in total. The number of hydrogen-bond donors (Lipinski definition) is 3. The Kier molecular flexibility index (Phi) is 10.5. The normalized spacial score (nSPS) is 17.5. The number of carbonyl (C=O) groups is 1. The molecule has 4 aromatic carbocycles. The summed E-state index contributed by atoms with van der Waals surface area (Å²) >= 11 is 12.9. The number of halogens is 3. The number of nitrogens with one attached hydrogen (secondary N) is 2. The van der Waals surface area contributed by atoms with Crippen LogP contribution < -0.4 is 15.6 Å². The third-order valence-electron chi connectivity index (χ3n) is 7.27. The van der Waals surface area contributed by atoms with Crippen molar-refractivity contribution in [2.24, 2.45) is 4.99 Å². The van der Waals surface area contributed by atoms with E-state index in [4.69, 9.17) is 42.8 Å². The predicted octanol–water partition coefficient (Wildman–Crippen LogP) is 6.26. The zero-order chi connectivity index (χ0) is 30.9. The minimum atomic E-state index is -1.48. The first-order valence-corrected chi connectivity index (χ1v) is 15.0. The van der Waals surface area contributed by atoms with Gasteiger partial charge in [0.15, 0.2) is 11.6 Å². The second-order valence-electron chi connectivity index (χ2n) is 10.3. The van der Waals surface area contributed by atoms with Crippen LogP contribution in [0.25, 0.3) is 0 Å². The van der Waals surface area contributed by atoms with Gasteiger partial charge in [0.05, 0.1) is 6.61 Å². The number of aliphatic imine (C=N–C) groups is 1. The third kappa shape index (κ3) is 7.39. The predicted molar refractivity (Wildman–Crippen MR) is 170 cm³/mol. The Morgan fingerprint density at radius 1 is 1.00 bits per heavy atom. The third-order valence-corrected chi connectivity index (χ3v) is 7.83. The summed E-state index contributed by atoms with van der Waals surface area (Å²) < 4.78 is 26.3. The first kappa shape index (κ1) is 31.5. The van der Waals surface area contributed by atoms with E-state index in [-0.39, 0.29) is 31.3 Å². The highest BCUT2D eigenvalue weighted by atomic mass is 35.5. The average Bonchev–Trinajstić information content (AvgIpc) is 3.41. The average molecular weight is 637 g/mol. The van der Waals surface area contributed by atoms with Gasteiger partial charge >= 0.3 is 0 Å². The number of rotatable bonds is 13. The molecule has 5 rings (SSSR count). The molecule has 10 heteroatoms. The van der Waals surface area contributed by atoms with Crippen molar-refractivity contribution >= 4 is 35.0 Å². The molecule has 0 aromatic heterocycles. The molecule has 1 amide bonds. The molecule has 2 atom stereocenters. The maximum Gasteiger partial charge on any atom is 0.266 e. The van der Waals surface area contributed by atoms with Gasteiger partial charge in [-0.15, -0.1) is 0 Å². The molecule has 44 heavy (non-hydrogen) atoms. The van der Waals surface area contributed by atoms with E-state index in [1.807, 2.05) is 30.3 Å². The highest BCUT2D eigenvalue weighted by molar-refractivity contribution is 6.35. The highest BCUT2D eigenvalue weighted by Crippen LogP contribution is 2.45. The number of hydrogen-bond acceptors (Lipinski definition) is 6. The molecule has 0 radical (unpaired) electrons. The SMILES string of the molecule is O=C(NNCCc1ccccc1F)[C@@]1(Cc2ccccc2)N=C(c2ccc(OCCCO)cc2)O[C@H]1c1ccc(Cl)cc1Cl. The van der Waals surface area contributed by atoms with Gasteiger partial charge in [0.25, 0.3) is 5.91 Å². The summed E-state index contributed by atoms with van der Waals surface area (Å²) in [5.74, 6) is 0.150. The molecule has 0 saturated heterocycles. The van der Waals surface area contributed by atoms with Crippen LogP contribution in [0, 0.1) is 5.82 Å². The van der Waals surface area contributed by atoms with E-state index in [0.29, 0.717) is 51.9 Å². The van der Waals surface area contributed by atoms with Crippen LogP contribution in [0.4, 0.5) is 4.39 Å². The van der Waals surface area contributed by atoms with Crippen LogP contribution >= 0.6 is 23.2 Å². The Morgan fingerprint density at radius 3 is 2.48 bits per heavy atom. The number of hydrazine groups is 1. The topological polar surface area (TPSA) is 92.2 Å². The second-order valence-corrected chi connectivity index (χ2v) is 11.2. The number of amides is 1. The summed E-state index contributed by atoms with van der Waals surface area (Å²) in [5, 5.41) is 9.82. The quantitative estimate of drug-likeness (QED) is 0.119. The number of aliphatic hydroxyl groups is 1. The molecular formula is C34H32Cl2FN3O4. The van der Waals surface area contributed by atoms with Gasteiger partial charge in [-0.2, -0.15) is 0 Å². The van der Waals surface area contributed by atoms with E-state index < -0.39 is 17.6 Å². The minimum absolute atomic E-state index is 0.0426. The fraction of sp³-hybridized carbons (Fsp3) is 0.235. The lowest BCUT2D eigenvalue weighted by Crippen LogP contribution is -2.54. The van der Waals surface area contributed by atoms with Gasteiger partial charge in [0, 0.05) is 47.2 Å². The second kappa shape index (κ2) is 14.7. The molecule has 228 valence electrons. The van der Waals surface area contributed by atoms with Gasteiger partial charge in [-0.05, 0) is 60.0 Å². The zero-order valence-corrected chi connectivity index (χ0v) is 25.3. The summed E-state index contributed by atoms with van der Waals surface area (Å²) in [6, 6.07) is 28.3. The number of ether oxygens (including phenoxy) is 2.